The number of hydrogen-bond acceptors (Lipinski definition) is 0. The number of hydrogen-bond donors (Lipinski definition) is 0. The molecule has 0 radical (unpaired) electrons. The minimum atomic E-state index is -6.80. The van der Waals surface area contributed by atoms with Gasteiger partial charge in [-0.15, -0.1) is 0 Å². The first-order valence-corrected chi connectivity index (χ1v) is 10.9. The molecule has 0 amide bonds. The molecule has 0 saturated heterocycles. The summed E-state index contributed by atoms with van der Waals surface area (Å²) in [5, 5.41) is 0. The van der Waals surface area contributed by atoms with E-state index in [1.807, 2.05) is 0 Å². The lowest BCUT2D eigenvalue weighted by atomic mass is 9.70. The van der Waals surface area contributed by atoms with Gasteiger partial charge in [0.25, 0.3) is 0 Å². The van der Waals surface area contributed by atoms with Gasteiger partial charge >= 0.3 is 23.9 Å². The first-order chi connectivity index (χ1) is 13.7. The highest BCUT2D eigenvalue weighted by Crippen LogP contribution is 2.55. The molecule has 2 fully saturated rings. The predicted molar refractivity (Wildman–Crippen MR) is 95.9 cm³/mol. The predicted octanol–water partition coefficient (Wildman–Crippen LogP) is 8.65. The Labute approximate surface area is 172 Å². The average molecular weight is 454 g/mol. The van der Waals surface area contributed by atoms with Crippen LogP contribution in [-0.4, -0.2) is 23.9 Å². The third-order valence-corrected chi connectivity index (χ3v) is 7.25. The molecule has 2 aliphatic rings. The van der Waals surface area contributed by atoms with E-state index in [1.54, 1.807) is 0 Å². The maximum atomic E-state index is 13.9. The third kappa shape index (κ3) is 5.22. The Morgan fingerprint density at radius 1 is 0.667 bits per heavy atom. The zero-order chi connectivity index (χ0) is 22.8. The van der Waals surface area contributed by atoms with Gasteiger partial charge in [0.2, 0.25) is 0 Å². The zero-order valence-electron chi connectivity index (χ0n) is 17.2. The molecule has 0 N–H and O–H groups in total. The minimum absolute atomic E-state index is 0.100. The van der Waals surface area contributed by atoms with Crippen LogP contribution in [0.2, 0.25) is 0 Å². The molecule has 0 nitrogen and oxygen atoms in total. The number of rotatable bonds is 8. The Balaban J connectivity index is 1.81. The maximum absolute atomic E-state index is 13.9. The van der Waals surface area contributed by atoms with E-state index in [4.69, 9.17) is 0 Å². The van der Waals surface area contributed by atoms with Crippen molar-refractivity contribution >= 4 is 0 Å². The monoisotopic (exact) mass is 454 g/mol. The first kappa shape index (κ1) is 25.6. The van der Waals surface area contributed by atoms with Gasteiger partial charge in [-0.2, -0.15) is 39.5 Å². The Morgan fingerprint density at radius 2 is 1.17 bits per heavy atom. The molecule has 0 aliphatic heterocycles. The second-order valence-electron chi connectivity index (χ2n) is 9.28. The molecule has 0 heterocycles. The summed E-state index contributed by atoms with van der Waals surface area (Å²) < 4.78 is 118. The molecule has 1 unspecified atom stereocenters. The van der Waals surface area contributed by atoms with Crippen LogP contribution in [0.25, 0.3) is 0 Å². The summed E-state index contributed by atoms with van der Waals surface area (Å²) in [6, 6.07) is 0. The van der Waals surface area contributed by atoms with Crippen LogP contribution in [0.15, 0.2) is 0 Å². The van der Waals surface area contributed by atoms with Gasteiger partial charge in [-0.05, 0) is 37.0 Å². The lowest BCUT2D eigenvalue weighted by molar-refractivity contribution is -0.402. The molecule has 1 atom stereocenters. The largest absolute Gasteiger partial charge is 0.460 e. The first-order valence-electron chi connectivity index (χ1n) is 10.9. The summed E-state index contributed by atoms with van der Waals surface area (Å²) in [7, 11) is 0. The Bertz CT molecular complexity index is 527. The van der Waals surface area contributed by atoms with E-state index >= 15 is 0 Å². The highest BCUT2D eigenvalue weighted by atomic mass is 19.4. The highest BCUT2D eigenvalue weighted by molar-refractivity contribution is 5.02. The van der Waals surface area contributed by atoms with Crippen molar-refractivity contribution < 1.29 is 39.5 Å². The van der Waals surface area contributed by atoms with Gasteiger partial charge in [-0.3, -0.25) is 0 Å². The third-order valence-electron chi connectivity index (χ3n) is 7.25. The minimum Gasteiger partial charge on any atom is -0.199 e. The van der Waals surface area contributed by atoms with Gasteiger partial charge in [0.1, 0.15) is 0 Å². The van der Waals surface area contributed by atoms with Crippen molar-refractivity contribution in [2.75, 3.05) is 0 Å². The molecule has 0 aromatic heterocycles. The van der Waals surface area contributed by atoms with Crippen LogP contribution < -0.4 is 0 Å². The van der Waals surface area contributed by atoms with Crippen LogP contribution >= 0.6 is 0 Å². The molecule has 2 aliphatic carbocycles. The van der Waals surface area contributed by atoms with Gasteiger partial charge < -0.3 is 0 Å². The van der Waals surface area contributed by atoms with Crippen molar-refractivity contribution in [3.63, 3.8) is 0 Å². The van der Waals surface area contributed by atoms with Crippen LogP contribution in [0.1, 0.15) is 84.0 Å². The molecular formula is C21H31F9. The highest BCUT2D eigenvalue weighted by Gasteiger charge is 2.82. The number of halogens is 9. The van der Waals surface area contributed by atoms with Gasteiger partial charge in [-0.25, -0.2) is 0 Å². The Morgan fingerprint density at radius 3 is 1.67 bits per heavy atom. The summed E-state index contributed by atoms with van der Waals surface area (Å²) in [5.74, 6) is -19.4. The fraction of sp³-hybridized carbons (Fsp3) is 1.00. The van der Waals surface area contributed by atoms with E-state index < -0.39 is 36.3 Å². The average Bonchev–Trinajstić information content (AvgIpc) is 2.68. The Hall–Kier alpha value is -0.630. The lowest BCUT2D eigenvalue weighted by Crippen LogP contribution is -2.62. The summed E-state index contributed by atoms with van der Waals surface area (Å²) in [6.45, 7) is 0.611. The standard InChI is InChI=1S/C21H31F9/c1-14(18(22,23)19(24,25)20(26,27)21(28,29)30)6-5-7-15-10-12-17(13-11-15)16-8-3-2-4-9-16/h14-17H,2-13H2,1H3. The molecule has 0 aromatic carbocycles. The van der Waals surface area contributed by atoms with Crippen LogP contribution in [0.3, 0.4) is 0 Å². The van der Waals surface area contributed by atoms with Crippen molar-refractivity contribution in [1.29, 1.82) is 0 Å². The topological polar surface area (TPSA) is 0 Å². The van der Waals surface area contributed by atoms with Gasteiger partial charge in [-0.1, -0.05) is 64.7 Å². The van der Waals surface area contributed by atoms with E-state index in [9.17, 15) is 39.5 Å². The fourth-order valence-corrected chi connectivity index (χ4v) is 5.14. The van der Waals surface area contributed by atoms with E-state index in [0.717, 1.165) is 31.6 Å². The van der Waals surface area contributed by atoms with Crippen molar-refractivity contribution in [2.45, 2.75) is 108 Å². The van der Waals surface area contributed by atoms with Crippen molar-refractivity contribution in [2.24, 2.45) is 23.7 Å². The van der Waals surface area contributed by atoms with E-state index in [2.05, 4.69) is 0 Å². The second-order valence-corrected chi connectivity index (χ2v) is 9.28. The molecule has 0 bridgehead atoms. The molecular weight excluding hydrogens is 423 g/mol. The fourth-order valence-electron chi connectivity index (χ4n) is 5.14. The molecule has 178 valence electrons. The van der Waals surface area contributed by atoms with Crippen LogP contribution in [0.5, 0.6) is 0 Å². The number of alkyl halides is 9. The Kier molecular flexibility index (Phi) is 8.09. The summed E-state index contributed by atoms with van der Waals surface area (Å²) in [4.78, 5) is 0. The van der Waals surface area contributed by atoms with Crippen LogP contribution in [0.4, 0.5) is 39.5 Å². The molecule has 30 heavy (non-hydrogen) atoms. The lowest BCUT2D eigenvalue weighted by Gasteiger charge is -2.37. The van der Waals surface area contributed by atoms with E-state index in [0.29, 0.717) is 19.3 Å². The summed E-state index contributed by atoms with van der Waals surface area (Å²) in [6.07, 6.45) is 3.57. The molecule has 0 spiro atoms. The summed E-state index contributed by atoms with van der Waals surface area (Å²) in [5.41, 5.74) is 0. The van der Waals surface area contributed by atoms with Crippen LogP contribution in [-0.2, 0) is 0 Å². The molecule has 2 saturated carbocycles. The normalized spacial score (nSPS) is 26.6. The molecule has 2 rings (SSSR count). The zero-order valence-corrected chi connectivity index (χ0v) is 17.2. The summed E-state index contributed by atoms with van der Waals surface area (Å²) >= 11 is 0. The second kappa shape index (κ2) is 9.47. The van der Waals surface area contributed by atoms with Crippen molar-refractivity contribution in [3.8, 4) is 0 Å². The van der Waals surface area contributed by atoms with Gasteiger partial charge in [0.15, 0.2) is 0 Å². The van der Waals surface area contributed by atoms with Gasteiger partial charge in [0, 0.05) is 5.92 Å². The maximum Gasteiger partial charge on any atom is 0.460 e. The van der Waals surface area contributed by atoms with Crippen molar-refractivity contribution in [3.05, 3.63) is 0 Å². The molecule has 0 aromatic rings. The molecule has 9 heteroatoms. The van der Waals surface area contributed by atoms with E-state index in [1.165, 1.54) is 32.1 Å². The smallest absolute Gasteiger partial charge is 0.199 e. The van der Waals surface area contributed by atoms with Gasteiger partial charge in [0.05, 0.1) is 0 Å². The van der Waals surface area contributed by atoms with E-state index in [-0.39, 0.29) is 12.3 Å². The SMILES string of the molecule is CC(CCCC1CCC(C2CCCCC2)CC1)C(F)(F)C(F)(F)C(F)(F)C(F)(F)F. The van der Waals surface area contributed by atoms with Crippen LogP contribution in [0, 0.1) is 23.7 Å². The quantitative estimate of drug-likeness (QED) is 0.322. The van der Waals surface area contributed by atoms with Crippen molar-refractivity contribution in [1.82, 2.24) is 0 Å².